The van der Waals surface area contributed by atoms with Crippen LogP contribution in [0.15, 0.2) is 104 Å². The SMILES string of the molecule is C=CC(=O)n1c(C)c(/C=C(\C=C)C2=CC(C)(C)C=Cc3c2n(C(=O)C=C)c2ccccc32)c2ccccc21.CC. The molecule has 0 atom stereocenters. The normalized spacial score (nSPS) is 14.0. The van der Waals surface area contributed by atoms with Crippen LogP contribution in [0.2, 0.25) is 0 Å². The van der Waals surface area contributed by atoms with Crippen LogP contribution in [0.25, 0.3) is 39.5 Å². The number of nitrogens with zero attached hydrogens (tertiary/aromatic N) is 2. The third-order valence-electron chi connectivity index (χ3n) is 7.15. The molecule has 40 heavy (non-hydrogen) atoms. The number of para-hydroxylation sites is 2. The third-order valence-corrected chi connectivity index (χ3v) is 7.15. The van der Waals surface area contributed by atoms with E-state index in [9.17, 15) is 9.59 Å². The van der Waals surface area contributed by atoms with Crippen molar-refractivity contribution in [2.24, 2.45) is 5.41 Å². The average molecular weight is 529 g/mol. The average Bonchev–Trinajstić information content (AvgIpc) is 3.40. The minimum atomic E-state index is -0.290. The maximum atomic E-state index is 13.3. The fraction of sp³-hybridized carbons (Fsp3) is 0.167. The molecule has 0 saturated heterocycles. The van der Waals surface area contributed by atoms with Crippen molar-refractivity contribution >= 4 is 51.3 Å². The van der Waals surface area contributed by atoms with Gasteiger partial charge in [0.15, 0.2) is 0 Å². The summed E-state index contributed by atoms with van der Waals surface area (Å²) in [5, 5.41) is 1.94. The molecule has 0 radical (unpaired) electrons. The fourth-order valence-electron chi connectivity index (χ4n) is 5.38. The predicted molar refractivity (Wildman–Crippen MR) is 171 cm³/mol. The molecule has 2 heterocycles. The molecule has 0 spiro atoms. The minimum Gasteiger partial charge on any atom is -0.280 e. The lowest BCUT2D eigenvalue weighted by Gasteiger charge is -2.19. The van der Waals surface area contributed by atoms with Gasteiger partial charge >= 0.3 is 0 Å². The monoisotopic (exact) mass is 528 g/mol. The van der Waals surface area contributed by atoms with Crippen LogP contribution in [0.4, 0.5) is 0 Å². The van der Waals surface area contributed by atoms with Crippen molar-refractivity contribution in [2.75, 3.05) is 0 Å². The second kappa shape index (κ2) is 11.2. The summed E-state index contributed by atoms with van der Waals surface area (Å²) < 4.78 is 3.43. The van der Waals surface area contributed by atoms with E-state index >= 15 is 0 Å². The van der Waals surface area contributed by atoms with Gasteiger partial charge in [-0.1, -0.05) is 108 Å². The molecule has 0 aliphatic heterocycles. The number of hydrogen-bond donors (Lipinski definition) is 0. The van der Waals surface area contributed by atoms with E-state index in [1.807, 2.05) is 75.4 Å². The van der Waals surface area contributed by atoms with E-state index in [2.05, 4.69) is 57.9 Å². The quantitative estimate of drug-likeness (QED) is 0.191. The van der Waals surface area contributed by atoms with Crippen molar-refractivity contribution in [2.45, 2.75) is 34.6 Å². The number of fused-ring (bicyclic) bond motifs is 4. The summed E-state index contributed by atoms with van der Waals surface area (Å²) >= 11 is 0. The standard InChI is InChI=1S/C34H30N2O2.C2H6/c1-7-23(20-27-22(4)35(31(37)8-2)29-16-12-11-15-25(27)29)28-21-34(5,6)19-18-26-24-14-10-13-17-30(24)36(33(26)28)32(38)9-3;1-2/h7-21H,1-3H2,4-6H3;1-2H3/b23-20+;. The zero-order valence-corrected chi connectivity index (χ0v) is 24.0. The molecule has 202 valence electrons. The highest BCUT2D eigenvalue weighted by Gasteiger charge is 2.28. The van der Waals surface area contributed by atoms with Gasteiger partial charge in [-0.25, -0.2) is 0 Å². The molecule has 0 unspecified atom stereocenters. The smallest absolute Gasteiger partial charge is 0.254 e. The number of allylic oxidation sites excluding steroid dienone is 7. The van der Waals surface area contributed by atoms with Crippen LogP contribution < -0.4 is 0 Å². The Kier molecular flexibility index (Phi) is 7.92. The fourth-order valence-corrected chi connectivity index (χ4v) is 5.38. The molecule has 4 aromatic rings. The van der Waals surface area contributed by atoms with Gasteiger partial charge in [0.25, 0.3) is 11.8 Å². The van der Waals surface area contributed by atoms with Crippen molar-refractivity contribution in [3.8, 4) is 0 Å². The summed E-state index contributed by atoms with van der Waals surface area (Å²) in [6.45, 7) is 21.8. The number of hydrogen-bond acceptors (Lipinski definition) is 2. The molecule has 0 fully saturated rings. The molecule has 2 aromatic carbocycles. The zero-order valence-electron chi connectivity index (χ0n) is 24.0. The molecule has 2 aromatic heterocycles. The maximum absolute atomic E-state index is 13.3. The van der Waals surface area contributed by atoms with Crippen LogP contribution in [0, 0.1) is 12.3 Å². The van der Waals surface area contributed by atoms with Crippen molar-refractivity contribution in [1.29, 1.82) is 0 Å². The van der Waals surface area contributed by atoms with E-state index in [0.29, 0.717) is 0 Å². The maximum Gasteiger partial charge on any atom is 0.254 e. The van der Waals surface area contributed by atoms with Crippen LogP contribution in [-0.4, -0.2) is 20.9 Å². The zero-order chi connectivity index (χ0) is 29.2. The van der Waals surface area contributed by atoms with Gasteiger partial charge in [0.1, 0.15) is 0 Å². The minimum absolute atomic E-state index is 0.184. The predicted octanol–water partition coefficient (Wildman–Crippen LogP) is 9.29. The Morgan fingerprint density at radius 3 is 1.95 bits per heavy atom. The summed E-state index contributed by atoms with van der Waals surface area (Å²) in [5.41, 5.74) is 6.59. The number of benzene rings is 2. The molecule has 0 amide bonds. The summed E-state index contributed by atoms with van der Waals surface area (Å²) in [4.78, 5) is 26.1. The Labute approximate surface area is 236 Å². The van der Waals surface area contributed by atoms with Crippen molar-refractivity contribution < 1.29 is 9.59 Å². The van der Waals surface area contributed by atoms with Gasteiger partial charge in [-0.2, -0.15) is 0 Å². The molecule has 0 bridgehead atoms. The Bertz CT molecular complexity index is 1780. The Balaban J connectivity index is 0.00000181. The first kappa shape index (κ1) is 28.3. The van der Waals surface area contributed by atoms with Gasteiger partial charge in [0.05, 0.1) is 16.7 Å². The molecule has 0 saturated carbocycles. The van der Waals surface area contributed by atoms with Gasteiger partial charge < -0.3 is 0 Å². The summed E-state index contributed by atoms with van der Waals surface area (Å²) in [7, 11) is 0. The first-order chi connectivity index (χ1) is 19.2. The van der Waals surface area contributed by atoms with E-state index in [-0.39, 0.29) is 17.2 Å². The van der Waals surface area contributed by atoms with E-state index in [0.717, 1.165) is 55.5 Å². The van der Waals surface area contributed by atoms with Gasteiger partial charge in [-0.3, -0.25) is 18.7 Å². The molecule has 5 rings (SSSR count). The van der Waals surface area contributed by atoms with Gasteiger partial charge in [-0.05, 0) is 42.9 Å². The number of carbonyl (C=O) groups is 2. The van der Waals surface area contributed by atoms with Crippen molar-refractivity contribution in [3.63, 3.8) is 0 Å². The highest BCUT2D eigenvalue weighted by molar-refractivity contribution is 6.09. The van der Waals surface area contributed by atoms with Gasteiger partial charge in [0.2, 0.25) is 0 Å². The first-order valence-electron chi connectivity index (χ1n) is 13.6. The van der Waals surface area contributed by atoms with E-state index in [1.54, 1.807) is 9.13 Å². The number of aromatic nitrogens is 2. The van der Waals surface area contributed by atoms with Gasteiger partial charge in [-0.15, -0.1) is 0 Å². The Morgan fingerprint density at radius 1 is 0.800 bits per heavy atom. The Morgan fingerprint density at radius 2 is 1.35 bits per heavy atom. The molecule has 0 N–H and O–H groups in total. The van der Waals surface area contributed by atoms with Crippen LogP contribution in [0.1, 0.15) is 59.8 Å². The van der Waals surface area contributed by atoms with E-state index in [4.69, 9.17) is 0 Å². The molecular formula is C36H36N2O2. The van der Waals surface area contributed by atoms with Crippen LogP contribution in [0.3, 0.4) is 0 Å². The summed E-state index contributed by atoms with van der Waals surface area (Å²) in [6.07, 6.45) is 13.0. The number of rotatable bonds is 5. The highest BCUT2D eigenvalue weighted by Crippen LogP contribution is 2.42. The van der Waals surface area contributed by atoms with E-state index in [1.165, 1.54) is 12.2 Å². The van der Waals surface area contributed by atoms with Crippen LogP contribution in [0.5, 0.6) is 0 Å². The second-order valence-corrected chi connectivity index (χ2v) is 10.1. The lowest BCUT2D eigenvalue weighted by Crippen LogP contribution is -2.12. The molecule has 1 aliphatic carbocycles. The molecule has 1 aliphatic rings. The second-order valence-electron chi connectivity index (χ2n) is 10.1. The topological polar surface area (TPSA) is 44.0 Å². The molecular weight excluding hydrogens is 492 g/mol. The van der Waals surface area contributed by atoms with Crippen LogP contribution >= 0.6 is 0 Å². The van der Waals surface area contributed by atoms with Crippen molar-refractivity contribution in [3.05, 3.63) is 127 Å². The van der Waals surface area contributed by atoms with Gasteiger partial charge in [0, 0.05) is 38.6 Å². The highest BCUT2D eigenvalue weighted by atomic mass is 16.2. The summed E-state index contributed by atoms with van der Waals surface area (Å²) in [6, 6.07) is 15.7. The lowest BCUT2D eigenvalue weighted by atomic mass is 9.88. The molecule has 4 heteroatoms. The first-order valence-corrected chi connectivity index (χ1v) is 13.6. The third kappa shape index (κ3) is 4.66. The van der Waals surface area contributed by atoms with Crippen LogP contribution in [-0.2, 0) is 0 Å². The summed E-state index contributed by atoms with van der Waals surface area (Å²) in [5.74, 6) is -0.384. The number of carbonyl (C=O) groups excluding carboxylic acids is 2. The lowest BCUT2D eigenvalue weighted by molar-refractivity contribution is 0.0964. The van der Waals surface area contributed by atoms with Crippen molar-refractivity contribution in [1.82, 2.24) is 9.13 Å². The van der Waals surface area contributed by atoms with E-state index < -0.39 is 0 Å². The Hall–Kier alpha value is -4.70. The molecule has 4 nitrogen and oxygen atoms in total. The largest absolute Gasteiger partial charge is 0.280 e.